The Kier molecular flexibility index (Phi) is 5.54. The molecule has 6 aromatic carbocycles. The minimum atomic E-state index is 0.569. The maximum atomic E-state index is 5.14. The van der Waals surface area contributed by atoms with E-state index in [0.29, 0.717) is 17.6 Å². The van der Waals surface area contributed by atoms with Crippen LogP contribution in [-0.2, 0) is 0 Å². The first-order valence-corrected chi connectivity index (χ1v) is 16.7. The maximum Gasteiger partial charge on any atom is 0.240 e. The van der Waals surface area contributed by atoms with Crippen LogP contribution in [-0.4, -0.2) is 32.9 Å². The summed E-state index contributed by atoms with van der Waals surface area (Å²) in [5, 5.41) is 2.36. The first-order chi connectivity index (χ1) is 24.8. The molecular weight excluding hydrogens is 615 g/mol. The van der Waals surface area contributed by atoms with E-state index in [2.05, 4.69) is 121 Å². The van der Waals surface area contributed by atoms with Gasteiger partial charge in [-0.3, -0.25) is 17.9 Å². The van der Waals surface area contributed by atoms with Crippen LogP contribution < -0.4 is 0 Å². The van der Waals surface area contributed by atoms with E-state index in [1.807, 2.05) is 60.7 Å². The molecule has 0 fully saturated rings. The Labute approximate surface area is 285 Å². The number of hydrogen-bond donors (Lipinski definition) is 0. The van der Waals surface area contributed by atoms with Crippen LogP contribution in [0.15, 0.2) is 164 Å². The number of imidazole rings is 2. The highest BCUT2D eigenvalue weighted by Gasteiger charge is 2.22. The number of rotatable bonds is 4. The molecule has 0 radical (unpaired) electrons. The van der Waals surface area contributed by atoms with Crippen LogP contribution in [0.3, 0.4) is 0 Å². The summed E-state index contributed by atoms with van der Waals surface area (Å²) in [5.74, 6) is 1.83. The van der Waals surface area contributed by atoms with Crippen molar-refractivity contribution in [2.75, 3.05) is 0 Å². The summed E-state index contributed by atoms with van der Waals surface area (Å²) in [6.07, 6.45) is 0. The zero-order chi connectivity index (χ0) is 32.8. The molecule has 234 valence electrons. The Morgan fingerprint density at radius 1 is 0.340 bits per heavy atom. The zero-order valence-corrected chi connectivity index (χ0v) is 26.7. The number of nitrogens with zero attached hydrogens (tertiary/aromatic N) is 7. The molecule has 0 bridgehead atoms. The summed E-state index contributed by atoms with van der Waals surface area (Å²) < 4.78 is 9.24. The predicted molar refractivity (Wildman–Crippen MR) is 201 cm³/mol. The lowest BCUT2D eigenvalue weighted by Gasteiger charge is -2.10. The van der Waals surface area contributed by atoms with Crippen LogP contribution in [0.4, 0.5) is 0 Å². The molecule has 0 aliphatic rings. The molecule has 0 saturated carbocycles. The van der Waals surface area contributed by atoms with E-state index in [9.17, 15) is 0 Å². The Bertz CT molecular complexity index is 3030. The third-order valence-corrected chi connectivity index (χ3v) is 9.79. The molecule has 0 aliphatic carbocycles. The zero-order valence-electron chi connectivity index (χ0n) is 26.7. The molecule has 5 heterocycles. The molecule has 5 aromatic heterocycles. The van der Waals surface area contributed by atoms with Crippen LogP contribution >= 0.6 is 0 Å². The average molecular weight is 642 g/mol. The van der Waals surface area contributed by atoms with Gasteiger partial charge in [0.25, 0.3) is 0 Å². The standard InChI is InChI=1S/C43H27N7/c1-3-13-28(14-4-1)41-44-42(29-15-5-2-6-16-29)46-43(45-41)50-37-24-23-32(27-38(37)49-34-20-10-8-18-31(34)26-40(49)50)47-35-21-11-12-22-36(35)48-33-19-9-7-17-30(33)25-39(47)48/h1-27H. The summed E-state index contributed by atoms with van der Waals surface area (Å²) in [6.45, 7) is 0. The highest BCUT2D eigenvalue weighted by atomic mass is 15.2. The molecule has 11 aromatic rings. The molecule has 7 nitrogen and oxygen atoms in total. The Balaban J connectivity index is 1.23. The molecule has 11 rings (SSSR count). The van der Waals surface area contributed by atoms with Crippen molar-refractivity contribution in [3.05, 3.63) is 164 Å². The number of benzene rings is 6. The number of para-hydroxylation sites is 4. The minimum Gasteiger partial charge on any atom is -0.294 e. The summed E-state index contributed by atoms with van der Waals surface area (Å²) in [5.41, 5.74) is 11.8. The molecule has 0 spiro atoms. The molecule has 50 heavy (non-hydrogen) atoms. The molecule has 0 aliphatic heterocycles. The predicted octanol–water partition coefficient (Wildman–Crippen LogP) is 9.91. The van der Waals surface area contributed by atoms with Crippen LogP contribution in [0.2, 0.25) is 0 Å². The second-order valence-corrected chi connectivity index (χ2v) is 12.6. The minimum absolute atomic E-state index is 0.569. The second-order valence-electron chi connectivity index (χ2n) is 12.6. The fourth-order valence-electron chi connectivity index (χ4n) is 7.60. The maximum absolute atomic E-state index is 5.14. The van der Waals surface area contributed by atoms with Crippen molar-refractivity contribution in [2.24, 2.45) is 0 Å². The first kappa shape index (κ1) is 27.0. The molecule has 7 heteroatoms. The number of fused-ring (bicyclic) bond motifs is 10. The van der Waals surface area contributed by atoms with Crippen molar-refractivity contribution >= 4 is 55.2 Å². The fourth-order valence-corrected chi connectivity index (χ4v) is 7.60. The average Bonchev–Trinajstić information content (AvgIpc) is 3.91. The van der Waals surface area contributed by atoms with E-state index in [1.54, 1.807) is 0 Å². The van der Waals surface area contributed by atoms with Crippen LogP contribution in [0.5, 0.6) is 0 Å². The Morgan fingerprint density at radius 2 is 0.820 bits per heavy atom. The van der Waals surface area contributed by atoms with Crippen molar-refractivity contribution in [3.8, 4) is 34.4 Å². The van der Waals surface area contributed by atoms with Gasteiger partial charge in [-0.15, -0.1) is 0 Å². The highest BCUT2D eigenvalue weighted by molar-refractivity contribution is 5.99. The number of hydrogen-bond acceptors (Lipinski definition) is 3. The normalized spacial score (nSPS) is 12.0. The summed E-state index contributed by atoms with van der Waals surface area (Å²) >= 11 is 0. The van der Waals surface area contributed by atoms with Crippen molar-refractivity contribution in [2.45, 2.75) is 0 Å². The lowest BCUT2D eigenvalue weighted by atomic mass is 10.2. The molecule has 0 N–H and O–H groups in total. The van der Waals surface area contributed by atoms with Gasteiger partial charge in [-0.25, -0.2) is 4.98 Å². The third kappa shape index (κ3) is 3.82. The number of aromatic nitrogens is 7. The Hall–Kier alpha value is -6.99. The van der Waals surface area contributed by atoms with Gasteiger partial charge in [0.2, 0.25) is 5.95 Å². The van der Waals surface area contributed by atoms with Gasteiger partial charge in [0.1, 0.15) is 11.3 Å². The summed E-state index contributed by atoms with van der Waals surface area (Å²) in [6, 6.07) is 57.2. The van der Waals surface area contributed by atoms with Gasteiger partial charge < -0.3 is 0 Å². The van der Waals surface area contributed by atoms with Crippen LogP contribution in [0.25, 0.3) is 89.6 Å². The summed E-state index contributed by atoms with van der Waals surface area (Å²) in [7, 11) is 0. The second kappa shape index (κ2) is 10.3. The lowest BCUT2D eigenvalue weighted by molar-refractivity contribution is 0.947. The van der Waals surface area contributed by atoms with E-state index < -0.39 is 0 Å². The van der Waals surface area contributed by atoms with Crippen molar-refractivity contribution in [1.29, 1.82) is 0 Å². The highest BCUT2D eigenvalue weighted by Crippen LogP contribution is 2.36. The topological polar surface area (TPSA) is 57.3 Å². The van der Waals surface area contributed by atoms with Gasteiger partial charge in [0.15, 0.2) is 11.6 Å². The van der Waals surface area contributed by atoms with E-state index in [-0.39, 0.29) is 0 Å². The van der Waals surface area contributed by atoms with Gasteiger partial charge in [-0.2, -0.15) is 9.97 Å². The molecule has 0 saturated heterocycles. The Morgan fingerprint density at radius 3 is 1.44 bits per heavy atom. The van der Waals surface area contributed by atoms with Gasteiger partial charge >= 0.3 is 0 Å². The fraction of sp³-hybridized carbons (Fsp3) is 0. The van der Waals surface area contributed by atoms with Crippen molar-refractivity contribution in [1.82, 2.24) is 32.9 Å². The van der Waals surface area contributed by atoms with Crippen LogP contribution in [0.1, 0.15) is 0 Å². The first-order valence-electron chi connectivity index (χ1n) is 16.7. The largest absolute Gasteiger partial charge is 0.294 e. The van der Waals surface area contributed by atoms with E-state index in [4.69, 9.17) is 15.0 Å². The third-order valence-electron chi connectivity index (χ3n) is 9.79. The van der Waals surface area contributed by atoms with Crippen molar-refractivity contribution in [3.63, 3.8) is 0 Å². The smallest absolute Gasteiger partial charge is 0.240 e. The molecule has 0 atom stereocenters. The van der Waals surface area contributed by atoms with E-state index >= 15 is 0 Å². The quantitative estimate of drug-likeness (QED) is 0.192. The van der Waals surface area contributed by atoms with Gasteiger partial charge in [-0.1, -0.05) is 109 Å². The molecule has 0 amide bonds. The molecule has 0 unspecified atom stereocenters. The van der Waals surface area contributed by atoms with Gasteiger partial charge in [-0.05, 0) is 54.6 Å². The lowest BCUT2D eigenvalue weighted by Crippen LogP contribution is -2.06. The molecular formula is C43H27N7. The van der Waals surface area contributed by atoms with E-state index in [1.165, 1.54) is 16.4 Å². The van der Waals surface area contributed by atoms with E-state index in [0.717, 1.165) is 55.6 Å². The summed E-state index contributed by atoms with van der Waals surface area (Å²) in [4.78, 5) is 15.2. The van der Waals surface area contributed by atoms with Crippen molar-refractivity contribution < 1.29 is 0 Å². The van der Waals surface area contributed by atoms with Gasteiger partial charge in [0, 0.05) is 27.6 Å². The SMILES string of the molecule is c1ccc(-c2nc(-c3ccccc3)nc(-n3c4ccc(-n5c6ccccc6n6c7ccccc7cc56)cc4n4c5ccccc5cc34)n2)cc1. The van der Waals surface area contributed by atoms with Gasteiger partial charge in [0.05, 0.1) is 33.1 Å². The monoisotopic (exact) mass is 641 g/mol. The van der Waals surface area contributed by atoms with Crippen LogP contribution in [0, 0.1) is 0 Å².